The maximum atomic E-state index is 13.2. The van der Waals surface area contributed by atoms with Crippen LogP contribution in [0.5, 0.6) is 0 Å². The summed E-state index contributed by atoms with van der Waals surface area (Å²) < 4.78 is 38.5. The number of thiophene rings is 1. The molecule has 0 spiro atoms. The van der Waals surface area contributed by atoms with Gasteiger partial charge in [-0.3, -0.25) is 9.82 Å². The number of fused-ring (bicyclic) bond motifs is 3. The fourth-order valence-electron chi connectivity index (χ4n) is 3.63. The highest BCUT2D eigenvalue weighted by molar-refractivity contribution is 7.93. The van der Waals surface area contributed by atoms with E-state index in [0.29, 0.717) is 16.7 Å². The summed E-state index contributed by atoms with van der Waals surface area (Å²) in [6, 6.07) is 18.8. The van der Waals surface area contributed by atoms with Gasteiger partial charge in [0.2, 0.25) is 0 Å². The van der Waals surface area contributed by atoms with Crippen LogP contribution in [0.1, 0.15) is 0 Å². The molecule has 0 atom stereocenters. The molecule has 31 heavy (non-hydrogen) atoms. The number of nitrogens with one attached hydrogen (secondary N) is 2. The van der Waals surface area contributed by atoms with Crippen LogP contribution in [0.4, 0.5) is 5.69 Å². The van der Waals surface area contributed by atoms with Crippen molar-refractivity contribution in [2.45, 2.75) is 4.90 Å². The third kappa shape index (κ3) is 3.07. The topological polar surface area (TPSA) is 101 Å². The molecule has 7 nitrogen and oxygen atoms in total. The van der Waals surface area contributed by atoms with Crippen molar-refractivity contribution >= 4 is 70.8 Å². The molecule has 2 N–H and O–H groups in total. The largest absolute Gasteiger partial charge is 0.280 e. The third-order valence-corrected chi connectivity index (χ3v) is 8.14. The molecule has 0 aliphatic rings. The van der Waals surface area contributed by atoms with Gasteiger partial charge in [-0.1, -0.05) is 24.3 Å². The lowest BCUT2D eigenvalue weighted by atomic mass is 10.1. The number of hydrogen-bond donors (Lipinski definition) is 2. The van der Waals surface area contributed by atoms with Gasteiger partial charge in [0.05, 0.1) is 29.1 Å². The Morgan fingerprint density at radius 1 is 0.935 bits per heavy atom. The molecule has 0 fully saturated rings. The van der Waals surface area contributed by atoms with Gasteiger partial charge in [-0.25, -0.2) is 8.42 Å². The van der Waals surface area contributed by atoms with Gasteiger partial charge in [0, 0.05) is 20.5 Å². The lowest BCUT2D eigenvalue weighted by molar-refractivity contribution is 0.602. The predicted octanol–water partition coefficient (Wildman–Crippen LogP) is 5.25. The van der Waals surface area contributed by atoms with Crippen molar-refractivity contribution < 1.29 is 8.42 Å². The fourth-order valence-corrected chi connectivity index (χ4v) is 6.53. The SMILES string of the molecule is O=S(=O)(Nc1cc(-c2cc3ccccc3s2)c2[nH]ncc2c1)c1cccc2nsnc12. The Hall–Kier alpha value is -3.34. The van der Waals surface area contributed by atoms with E-state index in [2.05, 4.69) is 41.9 Å². The van der Waals surface area contributed by atoms with Crippen LogP contribution in [0.25, 0.3) is 42.5 Å². The number of rotatable bonds is 4. The van der Waals surface area contributed by atoms with Gasteiger partial charge in [0.1, 0.15) is 15.9 Å². The zero-order chi connectivity index (χ0) is 21.0. The van der Waals surface area contributed by atoms with Crippen LogP contribution < -0.4 is 4.72 Å². The summed E-state index contributed by atoms with van der Waals surface area (Å²) in [5.41, 5.74) is 3.14. The lowest BCUT2D eigenvalue weighted by Crippen LogP contribution is -2.13. The molecular formula is C21H13N5O2S3. The first kappa shape index (κ1) is 18.4. The first-order valence-corrected chi connectivity index (χ1v) is 12.3. The van der Waals surface area contributed by atoms with E-state index in [9.17, 15) is 8.42 Å². The van der Waals surface area contributed by atoms with Gasteiger partial charge in [-0.15, -0.1) is 11.3 Å². The van der Waals surface area contributed by atoms with Gasteiger partial charge in [0.15, 0.2) is 0 Å². The van der Waals surface area contributed by atoms with E-state index in [1.54, 1.807) is 35.7 Å². The number of anilines is 1. The van der Waals surface area contributed by atoms with Crippen molar-refractivity contribution in [2.75, 3.05) is 4.72 Å². The van der Waals surface area contributed by atoms with Crippen LogP contribution in [0.3, 0.4) is 0 Å². The molecule has 3 aromatic heterocycles. The first-order chi connectivity index (χ1) is 15.1. The van der Waals surface area contributed by atoms with Crippen molar-refractivity contribution in [3.63, 3.8) is 0 Å². The average molecular weight is 464 g/mol. The van der Waals surface area contributed by atoms with Crippen molar-refractivity contribution in [1.29, 1.82) is 0 Å². The number of nitrogens with zero attached hydrogens (tertiary/aromatic N) is 3. The summed E-state index contributed by atoms with van der Waals surface area (Å²) >= 11 is 2.64. The molecule has 0 saturated carbocycles. The number of H-pyrrole nitrogens is 1. The van der Waals surface area contributed by atoms with Gasteiger partial charge < -0.3 is 0 Å². The van der Waals surface area contributed by atoms with Crippen LogP contribution in [-0.4, -0.2) is 27.4 Å². The van der Waals surface area contributed by atoms with Crippen molar-refractivity contribution in [1.82, 2.24) is 18.9 Å². The molecule has 0 unspecified atom stereocenters. The molecule has 0 aliphatic carbocycles. The molecule has 3 aromatic carbocycles. The predicted molar refractivity (Wildman–Crippen MR) is 125 cm³/mol. The summed E-state index contributed by atoms with van der Waals surface area (Å²) in [6.45, 7) is 0. The van der Waals surface area contributed by atoms with Gasteiger partial charge in [-0.05, 0) is 41.8 Å². The summed E-state index contributed by atoms with van der Waals surface area (Å²) in [5, 5.41) is 9.16. The van der Waals surface area contributed by atoms with E-state index >= 15 is 0 Å². The Morgan fingerprint density at radius 2 is 1.84 bits per heavy atom. The molecular weight excluding hydrogens is 450 g/mol. The van der Waals surface area contributed by atoms with Gasteiger partial charge in [-0.2, -0.15) is 13.8 Å². The second-order valence-corrected chi connectivity index (χ2v) is 10.3. The maximum Gasteiger partial charge on any atom is 0.264 e. The second-order valence-electron chi connectivity index (χ2n) is 7.00. The minimum Gasteiger partial charge on any atom is -0.280 e. The third-order valence-electron chi connectivity index (χ3n) is 5.03. The highest BCUT2D eigenvalue weighted by atomic mass is 32.2. The number of aromatic amines is 1. The first-order valence-electron chi connectivity index (χ1n) is 9.29. The molecule has 6 rings (SSSR count). The van der Waals surface area contributed by atoms with Gasteiger partial charge >= 0.3 is 0 Å². The maximum absolute atomic E-state index is 13.2. The molecule has 0 saturated heterocycles. The molecule has 0 radical (unpaired) electrons. The van der Waals surface area contributed by atoms with E-state index in [0.717, 1.165) is 38.5 Å². The fraction of sp³-hybridized carbons (Fsp3) is 0. The van der Waals surface area contributed by atoms with Crippen LogP contribution in [0.15, 0.2) is 71.8 Å². The van der Waals surface area contributed by atoms with Gasteiger partial charge in [0.25, 0.3) is 10.0 Å². The Labute approximate surface area is 184 Å². The van der Waals surface area contributed by atoms with Crippen LogP contribution in [-0.2, 0) is 10.0 Å². The molecule has 6 aromatic rings. The molecule has 0 bridgehead atoms. The van der Waals surface area contributed by atoms with Crippen molar-refractivity contribution in [3.05, 3.63) is 66.9 Å². The number of sulfonamides is 1. The molecule has 152 valence electrons. The Bertz CT molecular complexity index is 1670. The molecule has 0 aliphatic heterocycles. The highest BCUT2D eigenvalue weighted by Gasteiger charge is 2.21. The monoisotopic (exact) mass is 463 g/mol. The minimum atomic E-state index is -3.86. The summed E-state index contributed by atoms with van der Waals surface area (Å²) in [6.07, 6.45) is 1.69. The zero-order valence-corrected chi connectivity index (χ0v) is 18.2. The molecule has 3 heterocycles. The summed E-state index contributed by atoms with van der Waals surface area (Å²) in [5.74, 6) is 0. The Kier molecular flexibility index (Phi) is 4.07. The quantitative estimate of drug-likeness (QED) is 0.372. The Balaban J connectivity index is 1.49. The molecule has 10 heteroatoms. The Morgan fingerprint density at radius 3 is 2.74 bits per heavy atom. The number of benzene rings is 3. The van der Waals surface area contributed by atoms with Crippen molar-refractivity contribution in [3.8, 4) is 10.4 Å². The van der Waals surface area contributed by atoms with E-state index in [1.165, 1.54) is 10.8 Å². The van der Waals surface area contributed by atoms with E-state index < -0.39 is 10.0 Å². The minimum absolute atomic E-state index is 0.106. The van der Waals surface area contributed by atoms with Crippen LogP contribution >= 0.6 is 23.1 Å². The van der Waals surface area contributed by atoms with E-state index in [4.69, 9.17) is 0 Å². The average Bonchev–Trinajstić information content (AvgIpc) is 3.50. The summed E-state index contributed by atoms with van der Waals surface area (Å²) in [7, 11) is -3.86. The van der Waals surface area contributed by atoms with E-state index in [-0.39, 0.29) is 4.90 Å². The number of hydrogen-bond acceptors (Lipinski definition) is 7. The smallest absolute Gasteiger partial charge is 0.264 e. The summed E-state index contributed by atoms with van der Waals surface area (Å²) in [4.78, 5) is 1.14. The zero-order valence-electron chi connectivity index (χ0n) is 15.7. The van der Waals surface area contributed by atoms with E-state index in [1.807, 2.05) is 18.2 Å². The number of aromatic nitrogens is 4. The molecule has 0 amide bonds. The van der Waals surface area contributed by atoms with Crippen LogP contribution in [0, 0.1) is 0 Å². The van der Waals surface area contributed by atoms with Crippen molar-refractivity contribution in [2.24, 2.45) is 0 Å². The lowest BCUT2D eigenvalue weighted by Gasteiger charge is -2.10. The second kappa shape index (κ2) is 6.84. The standard InChI is InChI=1S/C21H13N5O2S3/c27-31(28,19-7-3-5-16-21(19)25-30-24-16)26-14-8-13-11-22-23-20(13)15(10-14)18-9-12-4-1-2-6-17(12)29-18/h1-11,26H,(H,22,23). The highest BCUT2D eigenvalue weighted by Crippen LogP contribution is 2.38. The van der Waals surface area contributed by atoms with Crippen LogP contribution in [0.2, 0.25) is 0 Å². The normalized spacial score (nSPS) is 12.1.